The van der Waals surface area contributed by atoms with Crippen LogP contribution in [0.4, 0.5) is 5.69 Å². The SMILES string of the molecule is Cc1cc(Br)c(Cl)cc1NC(=O)CCCCCN1C(=O)[C@H]2[C@H](C1=O)C1(Cl)c3ccccc3C2(Cl)c2ccccc21. The topological polar surface area (TPSA) is 66.5 Å². The molecule has 5 nitrogen and oxygen atoms in total. The Bertz CT molecular complexity index is 1450. The summed E-state index contributed by atoms with van der Waals surface area (Å²) in [5.41, 5.74) is 4.76. The maximum atomic E-state index is 13.8. The smallest absolute Gasteiger partial charge is 0.235 e. The number of benzene rings is 3. The Labute approximate surface area is 256 Å². The number of amides is 3. The normalized spacial score (nSPS) is 26.0. The predicted octanol–water partition coefficient (Wildman–Crippen LogP) is 7.50. The number of hydrogen-bond donors (Lipinski definition) is 1. The number of aryl methyl sites for hydroxylation is 1. The summed E-state index contributed by atoms with van der Waals surface area (Å²) in [4.78, 5) is 39.2. The summed E-state index contributed by atoms with van der Waals surface area (Å²) in [6.07, 6.45) is 2.20. The zero-order valence-corrected chi connectivity index (χ0v) is 25.5. The molecule has 7 rings (SSSR count). The number of carbonyl (C=O) groups is 3. The quantitative estimate of drug-likeness (QED) is 0.162. The highest BCUT2D eigenvalue weighted by atomic mass is 79.9. The molecule has 4 aliphatic rings. The second-order valence-electron chi connectivity index (χ2n) is 10.7. The molecule has 206 valence electrons. The first-order valence-corrected chi connectivity index (χ1v) is 15.2. The number of carbonyl (C=O) groups excluding carboxylic acids is 3. The van der Waals surface area contributed by atoms with E-state index in [4.69, 9.17) is 34.8 Å². The minimum absolute atomic E-state index is 0.110. The average molecular weight is 661 g/mol. The van der Waals surface area contributed by atoms with Crippen molar-refractivity contribution in [2.75, 3.05) is 11.9 Å². The first-order valence-electron chi connectivity index (χ1n) is 13.3. The first-order chi connectivity index (χ1) is 19.1. The number of rotatable bonds is 7. The molecule has 2 bridgehead atoms. The minimum atomic E-state index is -1.16. The van der Waals surface area contributed by atoms with Gasteiger partial charge in [0.15, 0.2) is 0 Å². The number of hydrogen-bond acceptors (Lipinski definition) is 3. The molecule has 1 fully saturated rings. The Morgan fingerprint density at radius 2 is 1.38 bits per heavy atom. The third-order valence-corrected chi connectivity index (χ3v) is 11.0. The van der Waals surface area contributed by atoms with Gasteiger partial charge in [-0.1, -0.05) is 66.6 Å². The highest BCUT2D eigenvalue weighted by Gasteiger charge is 2.72. The molecular weight excluding hydrogens is 635 g/mol. The third-order valence-electron chi connectivity index (χ3n) is 8.50. The van der Waals surface area contributed by atoms with E-state index in [-0.39, 0.29) is 24.3 Å². The molecule has 1 aliphatic heterocycles. The van der Waals surface area contributed by atoms with Gasteiger partial charge in [-0.25, -0.2) is 0 Å². The molecule has 0 radical (unpaired) electrons. The Balaban J connectivity index is 1.14. The summed E-state index contributed by atoms with van der Waals surface area (Å²) in [6.45, 7) is 2.16. The molecule has 0 unspecified atom stereocenters. The zero-order valence-electron chi connectivity index (χ0n) is 21.6. The molecule has 0 aromatic heterocycles. The first kappa shape index (κ1) is 27.8. The van der Waals surface area contributed by atoms with Crippen molar-refractivity contribution in [3.05, 3.63) is 98.0 Å². The van der Waals surface area contributed by atoms with E-state index in [0.29, 0.717) is 36.4 Å². The lowest BCUT2D eigenvalue weighted by Crippen LogP contribution is -2.57. The van der Waals surface area contributed by atoms with Gasteiger partial charge in [-0.2, -0.15) is 0 Å². The molecule has 0 spiro atoms. The molecule has 3 amide bonds. The lowest BCUT2D eigenvalue weighted by Gasteiger charge is -2.54. The highest BCUT2D eigenvalue weighted by molar-refractivity contribution is 9.10. The molecule has 3 aromatic carbocycles. The summed E-state index contributed by atoms with van der Waals surface area (Å²) >= 11 is 24.4. The van der Waals surface area contributed by atoms with Crippen molar-refractivity contribution in [1.82, 2.24) is 4.90 Å². The summed E-state index contributed by atoms with van der Waals surface area (Å²) < 4.78 is 0.774. The third kappa shape index (κ3) is 3.98. The van der Waals surface area contributed by atoms with Gasteiger partial charge >= 0.3 is 0 Å². The molecular formula is C31H26BrCl3N2O3. The van der Waals surface area contributed by atoms with Crippen LogP contribution in [0.2, 0.25) is 5.02 Å². The number of nitrogens with zero attached hydrogens (tertiary/aromatic N) is 1. The predicted molar refractivity (Wildman–Crippen MR) is 161 cm³/mol. The van der Waals surface area contributed by atoms with E-state index < -0.39 is 21.6 Å². The van der Waals surface area contributed by atoms with Crippen LogP contribution in [0, 0.1) is 18.8 Å². The fourth-order valence-corrected chi connectivity index (χ4v) is 8.39. The van der Waals surface area contributed by atoms with E-state index >= 15 is 0 Å². The van der Waals surface area contributed by atoms with Crippen molar-refractivity contribution in [1.29, 1.82) is 0 Å². The van der Waals surface area contributed by atoms with Gasteiger partial charge in [0.25, 0.3) is 0 Å². The summed E-state index contributed by atoms with van der Waals surface area (Å²) in [6, 6.07) is 18.8. The van der Waals surface area contributed by atoms with E-state index in [9.17, 15) is 14.4 Å². The number of imide groups is 1. The van der Waals surface area contributed by atoms with Crippen molar-refractivity contribution in [2.45, 2.75) is 42.4 Å². The van der Waals surface area contributed by atoms with Crippen LogP contribution < -0.4 is 5.32 Å². The van der Waals surface area contributed by atoms with Gasteiger partial charge in [-0.15, -0.1) is 23.2 Å². The number of likely N-dealkylation sites (tertiary alicyclic amines) is 1. The molecule has 0 saturated carbocycles. The van der Waals surface area contributed by atoms with Crippen molar-refractivity contribution in [3.8, 4) is 0 Å². The van der Waals surface area contributed by atoms with Crippen LogP contribution in [-0.2, 0) is 24.1 Å². The van der Waals surface area contributed by atoms with Gasteiger partial charge < -0.3 is 5.32 Å². The molecule has 1 saturated heterocycles. The molecule has 3 aromatic rings. The maximum absolute atomic E-state index is 13.8. The minimum Gasteiger partial charge on any atom is -0.326 e. The lowest BCUT2D eigenvalue weighted by atomic mass is 9.54. The number of alkyl halides is 2. The number of unbranched alkanes of at least 4 members (excludes halogenated alkanes) is 2. The van der Waals surface area contributed by atoms with E-state index in [1.165, 1.54) is 4.90 Å². The van der Waals surface area contributed by atoms with Gasteiger partial charge in [-0.05, 0) is 75.6 Å². The molecule has 1 N–H and O–H groups in total. The van der Waals surface area contributed by atoms with Gasteiger partial charge in [0.05, 0.1) is 16.9 Å². The van der Waals surface area contributed by atoms with E-state index in [1.807, 2.05) is 61.5 Å². The van der Waals surface area contributed by atoms with Crippen LogP contribution in [0.5, 0.6) is 0 Å². The summed E-state index contributed by atoms with van der Waals surface area (Å²) in [5, 5.41) is 3.43. The van der Waals surface area contributed by atoms with Crippen LogP contribution in [-0.4, -0.2) is 29.2 Å². The Morgan fingerprint density at radius 1 is 0.875 bits per heavy atom. The molecule has 40 heavy (non-hydrogen) atoms. The largest absolute Gasteiger partial charge is 0.326 e. The fourth-order valence-electron chi connectivity index (χ4n) is 6.67. The summed E-state index contributed by atoms with van der Waals surface area (Å²) in [7, 11) is 0. The van der Waals surface area contributed by atoms with E-state index in [2.05, 4.69) is 21.2 Å². The summed E-state index contributed by atoms with van der Waals surface area (Å²) in [5.74, 6) is -2.23. The lowest BCUT2D eigenvalue weighted by molar-refractivity contribution is -0.140. The molecule has 9 heteroatoms. The monoisotopic (exact) mass is 658 g/mol. The van der Waals surface area contributed by atoms with Crippen molar-refractivity contribution in [3.63, 3.8) is 0 Å². The van der Waals surface area contributed by atoms with Crippen LogP contribution in [0.15, 0.2) is 65.1 Å². The van der Waals surface area contributed by atoms with Crippen LogP contribution in [0.25, 0.3) is 0 Å². The number of halogens is 4. The number of nitrogens with one attached hydrogen (secondary N) is 1. The Morgan fingerprint density at radius 3 is 1.88 bits per heavy atom. The second-order valence-corrected chi connectivity index (χ2v) is 13.2. The highest BCUT2D eigenvalue weighted by Crippen LogP contribution is 2.69. The average Bonchev–Trinajstić information content (AvgIpc) is 3.20. The maximum Gasteiger partial charge on any atom is 0.235 e. The molecule has 3 aliphatic carbocycles. The van der Waals surface area contributed by atoms with Crippen molar-refractivity contribution in [2.24, 2.45) is 11.8 Å². The molecule has 1 heterocycles. The molecule has 2 atom stereocenters. The zero-order chi connectivity index (χ0) is 28.4. The van der Waals surface area contributed by atoms with Crippen LogP contribution in [0.1, 0.15) is 53.5 Å². The Kier molecular flexibility index (Phi) is 7.06. The standard InChI is InChI=1S/C31H26BrCl3N2O3/c1-17-15-22(32)23(33)16-24(17)36-25(38)13-3-2-8-14-37-28(39)26-27(29(37)40)31(35)19-10-5-4-9-18(19)30(26,34)20-11-6-7-12-21(20)31/h4-7,9-12,15-16,26-27H,2-3,8,13-14H2,1H3,(H,36,38)/t26-,27-,30?,31?/m1/s1. The fraction of sp³-hybridized carbons (Fsp3) is 0.323. The van der Waals surface area contributed by atoms with Crippen LogP contribution in [0.3, 0.4) is 0 Å². The van der Waals surface area contributed by atoms with Gasteiger partial charge in [0, 0.05) is 23.1 Å². The Hall–Kier alpha value is -2.38. The number of anilines is 1. The second kappa shape index (κ2) is 10.2. The van der Waals surface area contributed by atoms with Crippen molar-refractivity contribution >= 4 is 74.1 Å². The van der Waals surface area contributed by atoms with Gasteiger partial charge in [0.2, 0.25) is 17.7 Å². The van der Waals surface area contributed by atoms with Gasteiger partial charge in [-0.3, -0.25) is 19.3 Å². The van der Waals surface area contributed by atoms with E-state index in [1.54, 1.807) is 6.07 Å². The van der Waals surface area contributed by atoms with Crippen LogP contribution >= 0.6 is 50.7 Å². The van der Waals surface area contributed by atoms with Crippen molar-refractivity contribution < 1.29 is 14.4 Å². The van der Waals surface area contributed by atoms with E-state index in [0.717, 1.165) is 32.3 Å². The van der Waals surface area contributed by atoms with Gasteiger partial charge in [0.1, 0.15) is 9.75 Å².